The normalized spacial score (nSPS) is 10.4. The summed E-state index contributed by atoms with van der Waals surface area (Å²) in [6.07, 6.45) is 0. The largest absolute Gasteiger partial charge is 0.468 e. The van der Waals surface area contributed by atoms with Gasteiger partial charge in [0, 0.05) is 7.11 Å². The molecule has 0 aliphatic rings. The molecule has 18 heavy (non-hydrogen) atoms. The molecule has 2 heteroatoms. The van der Waals surface area contributed by atoms with E-state index in [9.17, 15) is 0 Å². The van der Waals surface area contributed by atoms with Crippen molar-refractivity contribution in [2.24, 2.45) is 0 Å². The molecule has 0 saturated carbocycles. The molecule has 0 fully saturated rings. The second-order valence-corrected chi connectivity index (χ2v) is 4.35. The highest BCUT2D eigenvalue weighted by atomic mass is 16.7. The number of rotatable bonds is 4. The highest BCUT2D eigenvalue weighted by molar-refractivity contribution is 5.71. The first-order chi connectivity index (χ1) is 8.72. The molecule has 2 aromatic rings. The molecule has 2 rings (SSSR count). The lowest BCUT2D eigenvalue weighted by Gasteiger charge is -2.13. The molecule has 2 nitrogen and oxygen atoms in total. The van der Waals surface area contributed by atoms with Gasteiger partial charge in [-0.3, -0.25) is 0 Å². The van der Waals surface area contributed by atoms with E-state index in [1.165, 1.54) is 22.3 Å². The van der Waals surface area contributed by atoms with Gasteiger partial charge >= 0.3 is 0 Å². The second kappa shape index (κ2) is 5.69. The van der Waals surface area contributed by atoms with E-state index in [4.69, 9.17) is 9.47 Å². The summed E-state index contributed by atoms with van der Waals surface area (Å²) in [5, 5.41) is 0. The van der Waals surface area contributed by atoms with Gasteiger partial charge in [-0.2, -0.15) is 0 Å². The molecule has 0 heterocycles. The molecule has 0 bridgehead atoms. The van der Waals surface area contributed by atoms with E-state index in [2.05, 4.69) is 38.1 Å². The lowest BCUT2D eigenvalue weighted by molar-refractivity contribution is 0.0511. The summed E-state index contributed by atoms with van der Waals surface area (Å²) < 4.78 is 10.4. The Hall–Kier alpha value is -1.80. The molecule has 94 valence electrons. The van der Waals surface area contributed by atoms with E-state index in [0.29, 0.717) is 0 Å². The molecule has 0 aliphatic heterocycles. The minimum absolute atomic E-state index is 0.281. The third-order valence-corrected chi connectivity index (χ3v) is 2.91. The third kappa shape index (κ3) is 2.71. The number of methoxy groups -OCH3 is 1. The van der Waals surface area contributed by atoms with Crippen molar-refractivity contribution in [3.8, 4) is 16.9 Å². The quantitative estimate of drug-likeness (QED) is 0.756. The smallest absolute Gasteiger partial charge is 0.188 e. The van der Waals surface area contributed by atoms with Gasteiger partial charge in [0.2, 0.25) is 0 Å². The van der Waals surface area contributed by atoms with Crippen LogP contribution in [0.25, 0.3) is 11.1 Å². The van der Waals surface area contributed by atoms with Crippen LogP contribution in [0.1, 0.15) is 11.1 Å². The highest BCUT2D eigenvalue weighted by Crippen LogP contribution is 2.30. The molecule has 0 spiro atoms. The first kappa shape index (κ1) is 12.7. The number of ether oxygens (including phenoxy) is 2. The fourth-order valence-corrected chi connectivity index (χ4v) is 2.19. The van der Waals surface area contributed by atoms with Gasteiger partial charge in [-0.25, -0.2) is 0 Å². The fourth-order valence-electron chi connectivity index (χ4n) is 2.19. The minimum Gasteiger partial charge on any atom is -0.468 e. The van der Waals surface area contributed by atoms with Gasteiger partial charge in [-0.15, -0.1) is 0 Å². The van der Waals surface area contributed by atoms with Gasteiger partial charge < -0.3 is 9.47 Å². The molecule has 0 amide bonds. The first-order valence-corrected chi connectivity index (χ1v) is 6.01. The van der Waals surface area contributed by atoms with E-state index in [0.717, 1.165) is 5.75 Å². The number of hydrogen-bond donors (Lipinski definition) is 0. The molecular weight excluding hydrogens is 224 g/mol. The second-order valence-electron chi connectivity index (χ2n) is 4.35. The van der Waals surface area contributed by atoms with Crippen molar-refractivity contribution in [1.29, 1.82) is 0 Å². The highest BCUT2D eigenvalue weighted by Gasteiger charge is 2.07. The number of aryl methyl sites for hydroxylation is 2. The van der Waals surface area contributed by atoms with Gasteiger partial charge in [-0.05, 0) is 48.2 Å². The van der Waals surface area contributed by atoms with Crippen LogP contribution in [-0.2, 0) is 4.74 Å². The van der Waals surface area contributed by atoms with Gasteiger partial charge in [0.1, 0.15) is 5.75 Å². The molecule has 0 radical (unpaired) electrons. The lowest BCUT2D eigenvalue weighted by atomic mass is 9.95. The Morgan fingerprint density at radius 2 is 1.56 bits per heavy atom. The Kier molecular flexibility index (Phi) is 4.00. The van der Waals surface area contributed by atoms with Crippen LogP contribution in [0.15, 0.2) is 42.5 Å². The summed E-state index contributed by atoms with van der Waals surface area (Å²) >= 11 is 0. The van der Waals surface area contributed by atoms with Crippen molar-refractivity contribution in [2.75, 3.05) is 13.9 Å². The monoisotopic (exact) mass is 242 g/mol. The molecule has 0 unspecified atom stereocenters. The van der Waals surface area contributed by atoms with E-state index in [1.54, 1.807) is 7.11 Å². The van der Waals surface area contributed by atoms with Crippen molar-refractivity contribution < 1.29 is 9.47 Å². The minimum atomic E-state index is 0.281. The van der Waals surface area contributed by atoms with Crippen LogP contribution in [-0.4, -0.2) is 13.9 Å². The zero-order valence-electron chi connectivity index (χ0n) is 11.1. The maximum atomic E-state index is 5.49. The average Bonchev–Trinajstić information content (AvgIpc) is 2.37. The molecule has 0 aliphatic carbocycles. The predicted molar refractivity (Wildman–Crippen MR) is 73.9 cm³/mol. The maximum absolute atomic E-state index is 5.49. The molecule has 2 aromatic carbocycles. The summed E-state index contributed by atoms with van der Waals surface area (Å²) in [7, 11) is 1.62. The predicted octanol–water partition coefficient (Wildman–Crippen LogP) is 3.95. The standard InChI is InChI=1S/C16H18O2/c1-12-9-15(18-11-17-3)10-13(2)16(12)14-7-5-4-6-8-14/h4-10H,11H2,1-3H3. The molecule has 0 N–H and O–H groups in total. The van der Waals surface area contributed by atoms with Gasteiger partial charge in [0.15, 0.2) is 6.79 Å². The zero-order chi connectivity index (χ0) is 13.0. The first-order valence-electron chi connectivity index (χ1n) is 6.01. The Morgan fingerprint density at radius 3 is 2.11 bits per heavy atom. The summed E-state index contributed by atoms with van der Waals surface area (Å²) in [4.78, 5) is 0. The summed E-state index contributed by atoms with van der Waals surface area (Å²) in [5.74, 6) is 0.853. The molecule has 0 aromatic heterocycles. The van der Waals surface area contributed by atoms with Crippen molar-refractivity contribution in [1.82, 2.24) is 0 Å². The summed E-state index contributed by atoms with van der Waals surface area (Å²) in [6.45, 7) is 4.49. The van der Waals surface area contributed by atoms with Crippen LogP contribution < -0.4 is 4.74 Å². The van der Waals surface area contributed by atoms with Crippen LogP contribution in [0.5, 0.6) is 5.75 Å². The van der Waals surface area contributed by atoms with Crippen molar-refractivity contribution in [3.05, 3.63) is 53.6 Å². The van der Waals surface area contributed by atoms with Gasteiger partial charge in [-0.1, -0.05) is 30.3 Å². The summed E-state index contributed by atoms with van der Waals surface area (Å²) in [6, 6.07) is 14.5. The van der Waals surface area contributed by atoms with Crippen LogP contribution in [0.2, 0.25) is 0 Å². The Labute approximate surface area is 108 Å². The fraction of sp³-hybridized carbons (Fsp3) is 0.250. The van der Waals surface area contributed by atoms with E-state index < -0.39 is 0 Å². The van der Waals surface area contributed by atoms with Crippen LogP contribution in [0.3, 0.4) is 0 Å². The third-order valence-electron chi connectivity index (χ3n) is 2.91. The van der Waals surface area contributed by atoms with E-state index >= 15 is 0 Å². The molecule has 0 saturated heterocycles. The average molecular weight is 242 g/mol. The Bertz CT molecular complexity index is 495. The van der Waals surface area contributed by atoms with Crippen molar-refractivity contribution in [3.63, 3.8) is 0 Å². The van der Waals surface area contributed by atoms with Crippen LogP contribution in [0, 0.1) is 13.8 Å². The van der Waals surface area contributed by atoms with Gasteiger partial charge in [0.05, 0.1) is 0 Å². The SMILES string of the molecule is COCOc1cc(C)c(-c2ccccc2)c(C)c1. The number of benzene rings is 2. The zero-order valence-corrected chi connectivity index (χ0v) is 11.1. The Morgan fingerprint density at radius 1 is 0.944 bits per heavy atom. The lowest BCUT2D eigenvalue weighted by Crippen LogP contribution is -2.00. The van der Waals surface area contributed by atoms with E-state index in [-0.39, 0.29) is 6.79 Å². The topological polar surface area (TPSA) is 18.5 Å². The van der Waals surface area contributed by atoms with Crippen molar-refractivity contribution in [2.45, 2.75) is 13.8 Å². The Balaban J connectivity index is 2.38. The van der Waals surface area contributed by atoms with E-state index in [1.807, 2.05) is 18.2 Å². The van der Waals surface area contributed by atoms with Crippen molar-refractivity contribution >= 4 is 0 Å². The number of hydrogen-bond acceptors (Lipinski definition) is 2. The van der Waals surface area contributed by atoms with Gasteiger partial charge in [0.25, 0.3) is 0 Å². The summed E-state index contributed by atoms with van der Waals surface area (Å²) in [5.41, 5.74) is 4.95. The van der Waals surface area contributed by atoms with Crippen LogP contribution in [0.4, 0.5) is 0 Å². The van der Waals surface area contributed by atoms with Crippen LogP contribution >= 0.6 is 0 Å². The molecule has 0 atom stereocenters. The maximum Gasteiger partial charge on any atom is 0.188 e. The molecular formula is C16H18O2.